The van der Waals surface area contributed by atoms with E-state index < -0.39 is 0 Å². The van der Waals surface area contributed by atoms with Crippen molar-refractivity contribution in [1.82, 2.24) is 15.1 Å². The Morgan fingerprint density at radius 1 is 1.13 bits per heavy atom. The normalized spacial score (nSPS) is 14.6. The summed E-state index contributed by atoms with van der Waals surface area (Å²) in [5.41, 5.74) is 2.02. The third-order valence-electron chi connectivity index (χ3n) is 4.14. The SMILES string of the molecule is COc1ccc(-c2cc(C(=O)N3CCCCC3)[nH]n2)c(OC)c1. The number of carbonyl (C=O) groups is 1. The van der Waals surface area contributed by atoms with Crippen LogP contribution in [0.15, 0.2) is 24.3 Å². The predicted molar refractivity (Wildman–Crippen MR) is 86.9 cm³/mol. The van der Waals surface area contributed by atoms with Crippen molar-refractivity contribution in [2.24, 2.45) is 0 Å². The van der Waals surface area contributed by atoms with Crippen molar-refractivity contribution in [2.75, 3.05) is 27.3 Å². The lowest BCUT2D eigenvalue weighted by Gasteiger charge is -2.25. The topological polar surface area (TPSA) is 67.5 Å². The van der Waals surface area contributed by atoms with Crippen LogP contribution in [-0.2, 0) is 0 Å². The average molecular weight is 315 g/mol. The van der Waals surface area contributed by atoms with Gasteiger partial charge in [-0.3, -0.25) is 9.89 Å². The first kappa shape index (κ1) is 15.4. The van der Waals surface area contributed by atoms with Gasteiger partial charge in [-0.1, -0.05) is 0 Å². The number of H-pyrrole nitrogens is 1. The van der Waals surface area contributed by atoms with Crippen LogP contribution in [0.5, 0.6) is 11.5 Å². The molecule has 0 aliphatic carbocycles. The number of methoxy groups -OCH3 is 2. The summed E-state index contributed by atoms with van der Waals surface area (Å²) in [6.45, 7) is 1.64. The summed E-state index contributed by atoms with van der Waals surface area (Å²) < 4.78 is 10.6. The summed E-state index contributed by atoms with van der Waals surface area (Å²) in [5, 5.41) is 7.13. The molecule has 1 aromatic carbocycles. The third-order valence-corrected chi connectivity index (χ3v) is 4.14. The van der Waals surface area contributed by atoms with Gasteiger partial charge >= 0.3 is 0 Å². The van der Waals surface area contributed by atoms with Crippen LogP contribution < -0.4 is 9.47 Å². The summed E-state index contributed by atoms with van der Waals surface area (Å²) in [4.78, 5) is 14.4. The summed E-state index contributed by atoms with van der Waals surface area (Å²) in [7, 11) is 3.21. The van der Waals surface area contributed by atoms with Crippen LogP contribution in [0.25, 0.3) is 11.3 Å². The molecule has 3 rings (SSSR count). The van der Waals surface area contributed by atoms with Gasteiger partial charge in [0.15, 0.2) is 0 Å². The maximum absolute atomic E-state index is 12.5. The largest absolute Gasteiger partial charge is 0.497 e. The first-order valence-electron chi connectivity index (χ1n) is 7.80. The highest BCUT2D eigenvalue weighted by Crippen LogP contribution is 2.32. The summed E-state index contributed by atoms with van der Waals surface area (Å²) in [6.07, 6.45) is 3.33. The van der Waals surface area contributed by atoms with Gasteiger partial charge in [0, 0.05) is 24.7 Å². The number of benzene rings is 1. The molecule has 1 aliphatic heterocycles. The molecule has 23 heavy (non-hydrogen) atoms. The predicted octanol–water partition coefficient (Wildman–Crippen LogP) is 2.72. The minimum atomic E-state index is 0.0101. The Balaban J connectivity index is 1.85. The van der Waals surface area contributed by atoms with Crippen molar-refractivity contribution in [2.45, 2.75) is 19.3 Å². The van der Waals surface area contributed by atoms with Gasteiger partial charge in [-0.2, -0.15) is 5.10 Å². The van der Waals surface area contributed by atoms with Crippen LogP contribution in [0.2, 0.25) is 0 Å². The minimum Gasteiger partial charge on any atom is -0.497 e. The fourth-order valence-corrected chi connectivity index (χ4v) is 2.85. The van der Waals surface area contributed by atoms with Crippen molar-refractivity contribution < 1.29 is 14.3 Å². The van der Waals surface area contributed by atoms with Gasteiger partial charge in [0.25, 0.3) is 5.91 Å². The number of likely N-dealkylation sites (tertiary alicyclic amines) is 1. The summed E-state index contributed by atoms with van der Waals surface area (Å²) in [5.74, 6) is 1.38. The van der Waals surface area contributed by atoms with E-state index in [0.29, 0.717) is 22.9 Å². The van der Waals surface area contributed by atoms with E-state index >= 15 is 0 Å². The van der Waals surface area contributed by atoms with E-state index in [0.717, 1.165) is 31.5 Å². The number of aromatic amines is 1. The molecule has 122 valence electrons. The molecule has 0 radical (unpaired) electrons. The molecule has 6 nitrogen and oxygen atoms in total. The Kier molecular flexibility index (Phi) is 4.50. The molecule has 0 bridgehead atoms. The standard InChI is InChI=1S/C17H21N3O3/c1-22-12-6-7-13(16(10-12)23-2)14-11-15(19-18-14)17(21)20-8-4-3-5-9-20/h6-7,10-11H,3-5,8-9H2,1-2H3,(H,18,19). The molecule has 1 saturated heterocycles. The molecule has 2 aromatic rings. The van der Waals surface area contributed by atoms with E-state index in [1.165, 1.54) is 6.42 Å². The fraction of sp³-hybridized carbons (Fsp3) is 0.412. The smallest absolute Gasteiger partial charge is 0.271 e. The van der Waals surface area contributed by atoms with Crippen molar-refractivity contribution in [3.63, 3.8) is 0 Å². The molecule has 1 aliphatic rings. The molecule has 0 unspecified atom stereocenters. The molecular weight excluding hydrogens is 294 g/mol. The van der Waals surface area contributed by atoms with Crippen molar-refractivity contribution >= 4 is 5.91 Å². The van der Waals surface area contributed by atoms with Crippen LogP contribution in [-0.4, -0.2) is 48.3 Å². The molecule has 2 heterocycles. The second-order valence-electron chi connectivity index (χ2n) is 5.59. The van der Waals surface area contributed by atoms with Gasteiger partial charge in [0.2, 0.25) is 0 Å². The lowest BCUT2D eigenvalue weighted by Crippen LogP contribution is -2.35. The number of nitrogens with one attached hydrogen (secondary N) is 1. The second-order valence-corrected chi connectivity index (χ2v) is 5.59. The first-order valence-corrected chi connectivity index (χ1v) is 7.80. The molecule has 0 saturated carbocycles. The number of amides is 1. The first-order chi connectivity index (χ1) is 11.2. The quantitative estimate of drug-likeness (QED) is 0.942. The number of hydrogen-bond donors (Lipinski definition) is 1. The van der Waals surface area contributed by atoms with Gasteiger partial charge < -0.3 is 14.4 Å². The van der Waals surface area contributed by atoms with Crippen LogP contribution in [0.1, 0.15) is 29.8 Å². The van der Waals surface area contributed by atoms with E-state index in [4.69, 9.17) is 9.47 Å². The fourth-order valence-electron chi connectivity index (χ4n) is 2.85. The lowest BCUT2D eigenvalue weighted by molar-refractivity contribution is 0.0718. The maximum atomic E-state index is 12.5. The molecule has 0 spiro atoms. The summed E-state index contributed by atoms with van der Waals surface area (Å²) in [6, 6.07) is 7.30. The van der Waals surface area contributed by atoms with E-state index in [1.54, 1.807) is 26.4 Å². The Morgan fingerprint density at radius 2 is 1.91 bits per heavy atom. The highest BCUT2D eigenvalue weighted by Gasteiger charge is 2.21. The van der Waals surface area contributed by atoms with Gasteiger partial charge in [-0.25, -0.2) is 0 Å². The van der Waals surface area contributed by atoms with Gasteiger partial charge in [-0.15, -0.1) is 0 Å². The van der Waals surface area contributed by atoms with E-state index in [-0.39, 0.29) is 5.91 Å². The van der Waals surface area contributed by atoms with Gasteiger partial charge in [0.05, 0.1) is 19.9 Å². The van der Waals surface area contributed by atoms with E-state index in [9.17, 15) is 4.79 Å². The number of hydrogen-bond acceptors (Lipinski definition) is 4. The molecule has 1 aromatic heterocycles. The lowest BCUT2D eigenvalue weighted by atomic mass is 10.1. The van der Waals surface area contributed by atoms with Crippen molar-refractivity contribution in [3.05, 3.63) is 30.0 Å². The van der Waals surface area contributed by atoms with Gasteiger partial charge in [0.1, 0.15) is 17.2 Å². The molecule has 0 atom stereocenters. The van der Waals surface area contributed by atoms with Crippen LogP contribution >= 0.6 is 0 Å². The summed E-state index contributed by atoms with van der Waals surface area (Å²) >= 11 is 0. The molecule has 1 fully saturated rings. The van der Waals surface area contributed by atoms with Crippen molar-refractivity contribution in [1.29, 1.82) is 0 Å². The zero-order valence-electron chi connectivity index (χ0n) is 13.5. The third kappa shape index (κ3) is 3.16. The second kappa shape index (κ2) is 6.73. The molecule has 1 N–H and O–H groups in total. The Hall–Kier alpha value is -2.50. The van der Waals surface area contributed by atoms with Gasteiger partial charge in [-0.05, 0) is 37.5 Å². The van der Waals surface area contributed by atoms with Crippen molar-refractivity contribution in [3.8, 4) is 22.8 Å². The van der Waals surface area contributed by atoms with Crippen LogP contribution in [0, 0.1) is 0 Å². The van der Waals surface area contributed by atoms with Crippen LogP contribution in [0.3, 0.4) is 0 Å². The van der Waals surface area contributed by atoms with Crippen LogP contribution in [0.4, 0.5) is 0 Å². The Morgan fingerprint density at radius 3 is 2.61 bits per heavy atom. The monoisotopic (exact) mass is 315 g/mol. The Bertz CT molecular complexity index is 690. The zero-order chi connectivity index (χ0) is 16.2. The number of aromatic nitrogens is 2. The average Bonchev–Trinajstić information content (AvgIpc) is 3.11. The molecule has 1 amide bonds. The number of carbonyl (C=O) groups excluding carboxylic acids is 1. The molecule has 6 heteroatoms. The zero-order valence-corrected chi connectivity index (χ0v) is 13.5. The Labute approximate surface area is 135 Å². The number of ether oxygens (including phenoxy) is 2. The highest BCUT2D eigenvalue weighted by molar-refractivity contribution is 5.93. The number of rotatable bonds is 4. The van der Waals surface area contributed by atoms with E-state index in [1.807, 2.05) is 17.0 Å². The highest BCUT2D eigenvalue weighted by atomic mass is 16.5. The molecular formula is C17H21N3O3. The number of nitrogens with zero attached hydrogens (tertiary/aromatic N) is 2. The maximum Gasteiger partial charge on any atom is 0.271 e. The van der Waals surface area contributed by atoms with E-state index in [2.05, 4.69) is 10.2 Å². The minimum absolute atomic E-state index is 0.0101. The number of piperidine rings is 1.